The van der Waals surface area contributed by atoms with Gasteiger partial charge in [0, 0.05) is 12.2 Å². The molecule has 5 amide bonds. The van der Waals surface area contributed by atoms with Crippen LogP contribution < -0.4 is 55.3 Å². The summed E-state index contributed by atoms with van der Waals surface area (Å²) >= 11 is 4.19. The fourth-order valence-electron chi connectivity index (χ4n) is 4.73. The van der Waals surface area contributed by atoms with E-state index in [0.29, 0.717) is 31.4 Å². The van der Waals surface area contributed by atoms with Gasteiger partial charge in [-0.15, -0.1) is 0 Å². The summed E-state index contributed by atoms with van der Waals surface area (Å²) in [5, 5.41) is 31.9. The molecule has 17 N–H and O–H groups in total. The molecule has 0 aliphatic heterocycles. The normalized spacial score (nSPS) is 14.6. The maximum Gasteiger partial charge on any atom is 0.326 e. The van der Waals surface area contributed by atoms with Crippen molar-refractivity contribution in [1.29, 1.82) is 0 Å². The van der Waals surface area contributed by atoms with Crippen molar-refractivity contribution in [1.82, 2.24) is 26.6 Å². The second kappa shape index (κ2) is 24.2. The molecule has 1 rings (SSSR count). The molecule has 0 saturated carbocycles. The number of hydrogen-bond acceptors (Lipinski definition) is 13. The summed E-state index contributed by atoms with van der Waals surface area (Å²) in [5.74, 6) is -5.11. The highest BCUT2D eigenvalue weighted by molar-refractivity contribution is 7.80. The third-order valence-corrected chi connectivity index (χ3v) is 7.98. The van der Waals surface area contributed by atoms with E-state index in [9.17, 15) is 39.0 Å². The van der Waals surface area contributed by atoms with Crippen molar-refractivity contribution < 1.29 is 39.0 Å². The molecule has 0 radical (unpaired) electrons. The van der Waals surface area contributed by atoms with Crippen molar-refractivity contribution in [2.45, 2.75) is 87.6 Å². The van der Waals surface area contributed by atoms with Crippen molar-refractivity contribution in [3.63, 3.8) is 0 Å². The van der Waals surface area contributed by atoms with E-state index >= 15 is 0 Å². The first-order valence-corrected chi connectivity index (χ1v) is 17.1. The standard InChI is InChI=1S/C31H54N10O8S/c32-12-2-1-4-21(37-26(43)20(36)10-14-34)28(45)41-25(17-50)30(47)39-23(11-15-35)29(46)38-22(5-3-13-33)27(44)40-24(31(48)49)16-18-6-8-19(42)9-7-18/h6-9,20-25,42,50H,1-5,10-17,32-36H2,(H,37,43)(H,38,46)(H,39,47)(H,40,44)(H,41,45)(H,48,49)/t20-,21-,22-,23-,24-,25-/m0/s1. The summed E-state index contributed by atoms with van der Waals surface area (Å²) in [6, 6.07) is -1.23. The number of amides is 5. The number of carbonyl (C=O) groups is 6. The van der Waals surface area contributed by atoms with Crippen LogP contribution in [0.4, 0.5) is 0 Å². The first-order chi connectivity index (χ1) is 23.8. The zero-order valence-electron chi connectivity index (χ0n) is 28.1. The zero-order valence-corrected chi connectivity index (χ0v) is 29.0. The van der Waals surface area contributed by atoms with Crippen molar-refractivity contribution in [2.75, 3.05) is 31.9 Å². The lowest BCUT2D eigenvalue weighted by Crippen LogP contribution is -2.60. The Morgan fingerprint density at radius 3 is 1.50 bits per heavy atom. The average molecular weight is 727 g/mol. The highest BCUT2D eigenvalue weighted by atomic mass is 32.1. The van der Waals surface area contributed by atoms with Gasteiger partial charge in [-0.2, -0.15) is 12.6 Å². The van der Waals surface area contributed by atoms with Crippen molar-refractivity contribution in [3.05, 3.63) is 29.8 Å². The Kier molecular flexibility index (Phi) is 21.3. The smallest absolute Gasteiger partial charge is 0.326 e. The van der Waals surface area contributed by atoms with Gasteiger partial charge in [-0.25, -0.2) is 4.79 Å². The van der Waals surface area contributed by atoms with Gasteiger partial charge in [0.15, 0.2) is 0 Å². The number of hydrogen-bond donors (Lipinski definition) is 13. The monoisotopic (exact) mass is 726 g/mol. The minimum atomic E-state index is -1.36. The number of phenolic OH excluding ortho intramolecular Hbond substituents is 1. The summed E-state index contributed by atoms with van der Waals surface area (Å²) < 4.78 is 0. The third-order valence-electron chi connectivity index (χ3n) is 7.62. The number of nitrogens with one attached hydrogen (secondary N) is 5. The number of aliphatic carboxylic acids is 1. The molecule has 0 aromatic heterocycles. The molecular formula is C31H54N10O8S. The Bertz CT molecular complexity index is 1240. The topological polar surface area (TPSA) is 333 Å². The molecule has 0 aliphatic carbocycles. The fraction of sp³-hybridized carbons (Fsp3) is 0.613. The number of thiol groups is 1. The quantitative estimate of drug-likeness (QED) is 0.0341. The molecule has 0 aliphatic rings. The molecule has 0 unspecified atom stereocenters. The van der Waals surface area contributed by atoms with Crippen LogP contribution in [0.25, 0.3) is 0 Å². The predicted molar refractivity (Wildman–Crippen MR) is 189 cm³/mol. The lowest BCUT2D eigenvalue weighted by Gasteiger charge is -2.26. The zero-order chi connectivity index (χ0) is 37.6. The van der Waals surface area contributed by atoms with E-state index in [4.69, 9.17) is 28.7 Å². The van der Waals surface area contributed by atoms with Crippen LogP contribution in [0, 0.1) is 0 Å². The van der Waals surface area contributed by atoms with Crippen LogP contribution >= 0.6 is 12.6 Å². The summed E-state index contributed by atoms with van der Waals surface area (Å²) in [6.07, 6.45) is 1.71. The van der Waals surface area contributed by atoms with Gasteiger partial charge in [0.05, 0.1) is 6.04 Å². The second-order valence-corrected chi connectivity index (χ2v) is 12.0. The predicted octanol–water partition coefficient (Wildman–Crippen LogP) is -3.73. The van der Waals surface area contributed by atoms with Crippen molar-refractivity contribution in [3.8, 4) is 5.75 Å². The minimum absolute atomic E-state index is 0.00769. The highest BCUT2D eigenvalue weighted by Gasteiger charge is 2.32. The SMILES string of the molecule is NCCCC[C@H](NC(=O)[C@@H](N)CCN)C(=O)N[C@@H](CS)C(=O)N[C@@H](CCN)C(=O)N[C@@H](CCCN)C(=O)N[C@@H](Cc1ccc(O)cc1)C(=O)O. The van der Waals surface area contributed by atoms with E-state index in [1.54, 1.807) is 0 Å². The second-order valence-electron chi connectivity index (χ2n) is 11.7. The number of phenols is 1. The van der Waals surface area contributed by atoms with Crippen LogP contribution in [0.5, 0.6) is 5.75 Å². The van der Waals surface area contributed by atoms with Crippen LogP contribution in [0.2, 0.25) is 0 Å². The van der Waals surface area contributed by atoms with E-state index in [1.165, 1.54) is 24.3 Å². The molecule has 282 valence electrons. The number of carboxylic acid groups (broad SMARTS) is 1. The van der Waals surface area contributed by atoms with Gasteiger partial charge in [0.25, 0.3) is 0 Å². The maximum atomic E-state index is 13.4. The summed E-state index contributed by atoms with van der Waals surface area (Å²) in [5.41, 5.74) is 28.8. The van der Waals surface area contributed by atoms with Gasteiger partial charge in [0.2, 0.25) is 29.5 Å². The Hall–Kier alpha value is -4.01. The molecule has 0 heterocycles. The number of unbranched alkanes of at least 4 members (excludes halogenated alkanes) is 1. The number of aromatic hydroxyl groups is 1. The summed E-state index contributed by atoms with van der Waals surface area (Å²) in [7, 11) is 0. The molecule has 6 atom stereocenters. The number of carbonyl (C=O) groups excluding carboxylic acids is 5. The van der Waals surface area contributed by atoms with E-state index in [1.807, 2.05) is 0 Å². The number of benzene rings is 1. The van der Waals surface area contributed by atoms with Gasteiger partial charge in [0.1, 0.15) is 36.0 Å². The molecule has 1 aromatic rings. The van der Waals surface area contributed by atoms with Crippen molar-refractivity contribution in [2.24, 2.45) is 28.7 Å². The average Bonchev–Trinajstić information content (AvgIpc) is 3.08. The van der Waals surface area contributed by atoms with E-state index in [2.05, 4.69) is 39.2 Å². The Balaban J connectivity index is 3.05. The maximum absolute atomic E-state index is 13.4. The Morgan fingerprint density at radius 1 is 0.580 bits per heavy atom. The molecule has 1 aromatic carbocycles. The first kappa shape index (κ1) is 44.0. The van der Waals surface area contributed by atoms with E-state index in [0.717, 1.165) is 0 Å². The largest absolute Gasteiger partial charge is 0.508 e. The fourth-order valence-corrected chi connectivity index (χ4v) is 4.99. The van der Waals surface area contributed by atoms with E-state index in [-0.39, 0.29) is 63.2 Å². The first-order valence-electron chi connectivity index (χ1n) is 16.5. The Labute approximate surface area is 297 Å². The van der Waals surface area contributed by atoms with E-state index < -0.39 is 71.8 Å². The molecule has 0 fully saturated rings. The number of rotatable bonds is 25. The van der Waals surface area contributed by atoms with Crippen LogP contribution in [0.1, 0.15) is 50.5 Å². The van der Waals surface area contributed by atoms with Gasteiger partial charge in [-0.05, 0) is 88.8 Å². The molecule has 50 heavy (non-hydrogen) atoms. The lowest BCUT2D eigenvalue weighted by molar-refractivity contribution is -0.142. The van der Waals surface area contributed by atoms with Gasteiger partial charge in [-0.1, -0.05) is 12.1 Å². The number of carboxylic acids is 1. The molecule has 0 saturated heterocycles. The third kappa shape index (κ3) is 16.1. The Morgan fingerprint density at radius 2 is 1.02 bits per heavy atom. The van der Waals surface area contributed by atoms with Crippen LogP contribution in [0.3, 0.4) is 0 Å². The van der Waals surface area contributed by atoms with Crippen molar-refractivity contribution >= 4 is 48.1 Å². The van der Waals surface area contributed by atoms with Gasteiger partial charge >= 0.3 is 5.97 Å². The van der Waals surface area contributed by atoms with Crippen LogP contribution in [-0.4, -0.2) is 114 Å². The number of nitrogens with two attached hydrogens (primary N) is 5. The summed E-state index contributed by atoms with van der Waals surface area (Å²) in [6.45, 7) is 0.673. The molecular weight excluding hydrogens is 672 g/mol. The molecule has 0 spiro atoms. The van der Waals surface area contributed by atoms with Gasteiger partial charge < -0.3 is 65.5 Å². The molecule has 0 bridgehead atoms. The van der Waals surface area contributed by atoms with Crippen LogP contribution in [0.15, 0.2) is 24.3 Å². The minimum Gasteiger partial charge on any atom is -0.508 e. The molecule has 19 heteroatoms. The van der Waals surface area contributed by atoms with Gasteiger partial charge in [-0.3, -0.25) is 24.0 Å². The molecule has 18 nitrogen and oxygen atoms in total. The van der Waals surface area contributed by atoms with Crippen LogP contribution in [-0.2, 0) is 35.2 Å². The lowest BCUT2D eigenvalue weighted by atomic mass is 10.0. The summed E-state index contributed by atoms with van der Waals surface area (Å²) in [4.78, 5) is 77.6. The highest BCUT2D eigenvalue weighted by Crippen LogP contribution is 2.12.